The maximum absolute atomic E-state index is 12.5. The number of fused-ring (bicyclic) bond motifs is 3. The van der Waals surface area contributed by atoms with E-state index >= 15 is 0 Å². The third-order valence-electron chi connectivity index (χ3n) is 4.22. The summed E-state index contributed by atoms with van der Waals surface area (Å²) in [6.45, 7) is 3.69. The van der Waals surface area contributed by atoms with Gasteiger partial charge in [-0.05, 0) is 18.7 Å². The molecule has 2 aromatic carbocycles. The van der Waals surface area contributed by atoms with Gasteiger partial charge in [-0.2, -0.15) is 0 Å². The molecule has 0 spiro atoms. The molecular formula is C19H19NO4. The Balaban J connectivity index is 2.03. The fourth-order valence-corrected chi connectivity index (χ4v) is 2.94. The summed E-state index contributed by atoms with van der Waals surface area (Å²) < 4.78 is 5.83. The molecule has 3 rings (SSSR count). The number of carboxylic acids is 1. The molecular weight excluding hydrogens is 306 g/mol. The first-order chi connectivity index (χ1) is 11.5. The van der Waals surface area contributed by atoms with Crippen molar-refractivity contribution in [2.75, 3.05) is 0 Å². The minimum Gasteiger partial charge on any atom is -0.480 e. The Bertz CT molecular complexity index is 926. The van der Waals surface area contributed by atoms with Crippen LogP contribution in [-0.4, -0.2) is 23.0 Å². The van der Waals surface area contributed by atoms with Gasteiger partial charge in [-0.25, -0.2) is 4.79 Å². The van der Waals surface area contributed by atoms with Gasteiger partial charge >= 0.3 is 5.97 Å². The van der Waals surface area contributed by atoms with Crippen molar-refractivity contribution >= 4 is 33.6 Å². The highest BCUT2D eigenvalue weighted by atomic mass is 16.4. The van der Waals surface area contributed by atoms with Crippen LogP contribution in [-0.2, 0) is 4.79 Å². The second-order valence-corrected chi connectivity index (χ2v) is 5.87. The molecule has 124 valence electrons. The van der Waals surface area contributed by atoms with E-state index in [0.29, 0.717) is 24.0 Å². The number of carboxylic acid groups (broad SMARTS) is 1. The van der Waals surface area contributed by atoms with Crippen molar-refractivity contribution in [3.63, 3.8) is 0 Å². The predicted molar refractivity (Wildman–Crippen MR) is 92.3 cm³/mol. The summed E-state index contributed by atoms with van der Waals surface area (Å²) in [4.78, 5) is 23.7. The Kier molecular flexibility index (Phi) is 4.25. The van der Waals surface area contributed by atoms with Crippen molar-refractivity contribution in [1.82, 2.24) is 5.32 Å². The van der Waals surface area contributed by atoms with Crippen LogP contribution in [0, 0.1) is 6.92 Å². The fraction of sp³-hybridized carbons (Fsp3) is 0.263. The lowest BCUT2D eigenvalue weighted by Gasteiger charge is -2.12. The van der Waals surface area contributed by atoms with Crippen LogP contribution < -0.4 is 5.32 Å². The molecule has 0 aliphatic rings. The van der Waals surface area contributed by atoms with E-state index in [4.69, 9.17) is 4.42 Å². The minimum absolute atomic E-state index is 0.170. The largest absolute Gasteiger partial charge is 0.480 e. The van der Waals surface area contributed by atoms with Crippen LogP contribution in [0.25, 0.3) is 21.7 Å². The number of carbonyl (C=O) groups excluding carboxylic acids is 1. The predicted octanol–water partition coefficient (Wildman–Crippen LogP) is 3.88. The molecule has 0 radical (unpaired) electrons. The van der Waals surface area contributed by atoms with Crippen LogP contribution >= 0.6 is 0 Å². The van der Waals surface area contributed by atoms with Crippen molar-refractivity contribution in [3.8, 4) is 0 Å². The van der Waals surface area contributed by atoms with Gasteiger partial charge < -0.3 is 14.8 Å². The van der Waals surface area contributed by atoms with Gasteiger partial charge in [0.2, 0.25) is 0 Å². The van der Waals surface area contributed by atoms with Crippen molar-refractivity contribution < 1.29 is 19.1 Å². The van der Waals surface area contributed by atoms with Gasteiger partial charge in [0.05, 0.1) is 0 Å². The zero-order chi connectivity index (χ0) is 17.3. The summed E-state index contributed by atoms with van der Waals surface area (Å²) in [6.07, 6.45) is 1.05. The van der Waals surface area contributed by atoms with Crippen LogP contribution in [0.3, 0.4) is 0 Å². The van der Waals surface area contributed by atoms with Crippen LogP contribution in [0.1, 0.15) is 35.9 Å². The molecule has 1 atom stereocenters. The van der Waals surface area contributed by atoms with E-state index in [1.54, 1.807) is 0 Å². The van der Waals surface area contributed by atoms with Gasteiger partial charge in [-0.3, -0.25) is 4.79 Å². The summed E-state index contributed by atoms with van der Waals surface area (Å²) in [7, 11) is 0. The van der Waals surface area contributed by atoms with Crippen molar-refractivity contribution in [2.45, 2.75) is 32.7 Å². The van der Waals surface area contributed by atoms with Crippen molar-refractivity contribution in [1.29, 1.82) is 0 Å². The molecule has 1 unspecified atom stereocenters. The zero-order valence-electron chi connectivity index (χ0n) is 13.6. The number of carbonyl (C=O) groups is 2. The summed E-state index contributed by atoms with van der Waals surface area (Å²) in [6, 6.07) is 10.8. The number of aliphatic carboxylic acids is 1. The van der Waals surface area contributed by atoms with Crippen LogP contribution in [0.15, 0.2) is 40.8 Å². The van der Waals surface area contributed by atoms with Crippen molar-refractivity contribution in [2.24, 2.45) is 0 Å². The lowest BCUT2D eigenvalue weighted by atomic mass is 10.1. The second-order valence-electron chi connectivity index (χ2n) is 5.87. The summed E-state index contributed by atoms with van der Waals surface area (Å²) in [5, 5.41) is 14.6. The topological polar surface area (TPSA) is 79.5 Å². The van der Waals surface area contributed by atoms with E-state index in [-0.39, 0.29) is 5.76 Å². The number of amides is 1. The zero-order valence-corrected chi connectivity index (χ0v) is 13.6. The highest BCUT2D eigenvalue weighted by Gasteiger charge is 2.24. The van der Waals surface area contributed by atoms with Gasteiger partial charge in [0.15, 0.2) is 5.76 Å². The molecule has 1 amide bonds. The standard InChI is InChI=1S/C19H19NO4/c1-3-6-15(19(22)23)20-18(21)16-11(2)13-10-9-12-7-4-5-8-14(12)17(13)24-16/h4-5,7-10,15H,3,6H2,1-2H3,(H,20,21)(H,22,23). The van der Waals surface area contributed by atoms with E-state index in [1.165, 1.54) is 0 Å². The number of hydrogen-bond acceptors (Lipinski definition) is 3. The molecule has 0 aliphatic carbocycles. The van der Waals surface area contributed by atoms with E-state index < -0.39 is 17.9 Å². The Morgan fingerprint density at radius 3 is 2.62 bits per heavy atom. The fourth-order valence-electron chi connectivity index (χ4n) is 2.94. The number of rotatable bonds is 5. The molecule has 3 aromatic rings. The van der Waals surface area contributed by atoms with Gasteiger partial charge in [-0.1, -0.05) is 49.7 Å². The SMILES string of the molecule is CCCC(NC(=O)c1oc2c(ccc3ccccc32)c1C)C(=O)O. The maximum Gasteiger partial charge on any atom is 0.326 e. The molecule has 24 heavy (non-hydrogen) atoms. The van der Waals surface area contributed by atoms with Gasteiger partial charge in [0.25, 0.3) is 5.91 Å². The lowest BCUT2D eigenvalue weighted by Crippen LogP contribution is -2.40. The monoisotopic (exact) mass is 325 g/mol. The smallest absolute Gasteiger partial charge is 0.326 e. The number of benzene rings is 2. The average molecular weight is 325 g/mol. The first-order valence-corrected chi connectivity index (χ1v) is 7.97. The Labute approximate surface area is 139 Å². The third-order valence-corrected chi connectivity index (χ3v) is 4.22. The first kappa shape index (κ1) is 16.1. The molecule has 1 heterocycles. The molecule has 1 aromatic heterocycles. The Hall–Kier alpha value is -2.82. The highest BCUT2D eigenvalue weighted by molar-refractivity contribution is 6.09. The number of hydrogen-bond donors (Lipinski definition) is 2. The molecule has 2 N–H and O–H groups in total. The third kappa shape index (κ3) is 2.73. The molecule has 5 nitrogen and oxygen atoms in total. The molecule has 0 bridgehead atoms. The summed E-state index contributed by atoms with van der Waals surface area (Å²) in [5.41, 5.74) is 1.37. The molecule has 5 heteroatoms. The minimum atomic E-state index is -1.04. The number of aryl methyl sites for hydroxylation is 1. The first-order valence-electron chi connectivity index (χ1n) is 7.97. The van der Waals surface area contributed by atoms with E-state index in [2.05, 4.69) is 5.32 Å². The Morgan fingerprint density at radius 1 is 1.17 bits per heavy atom. The normalized spacial score (nSPS) is 12.4. The molecule has 0 saturated heterocycles. The molecule has 0 aliphatic heterocycles. The van der Waals surface area contributed by atoms with Gasteiger partial charge in [0, 0.05) is 16.3 Å². The lowest BCUT2D eigenvalue weighted by molar-refractivity contribution is -0.139. The van der Waals surface area contributed by atoms with Gasteiger partial charge in [-0.15, -0.1) is 0 Å². The van der Waals surface area contributed by atoms with E-state index in [0.717, 1.165) is 16.2 Å². The number of furan rings is 1. The Morgan fingerprint density at radius 2 is 1.92 bits per heavy atom. The van der Waals surface area contributed by atoms with E-state index in [1.807, 2.05) is 50.2 Å². The van der Waals surface area contributed by atoms with Crippen molar-refractivity contribution in [3.05, 3.63) is 47.7 Å². The van der Waals surface area contributed by atoms with Crippen LogP contribution in [0.5, 0.6) is 0 Å². The average Bonchev–Trinajstić information content (AvgIpc) is 2.92. The summed E-state index contributed by atoms with van der Waals surface area (Å²) >= 11 is 0. The van der Waals surface area contributed by atoms with E-state index in [9.17, 15) is 14.7 Å². The maximum atomic E-state index is 12.5. The number of nitrogens with one attached hydrogen (secondary N) is 1. The molecule has 0 fully saturated rings. The quantitative estimate of drug-likeness (QED) is 0.746. The molecule has 0 saturated carbocycles. The summed E-state index contributed by atoms with van der Waals surface area (Å²) in [5.74, 6) is -1.36. The van der Waals surface area contributed by atoms with Crippen LogP contribution in [0.4, 0.5) is 0 Å². The van der Waals surface area contributed by atoms with Crippen LogP contribution in [0.2, 0.25) is 0 Å². The van der Waals surface area contributed by atoms with Gasteiger partial charge in [0.1, 0.15) is 11.6 Å². The second kappa shape index (κ2) is 6.35. The highest BCUT2D eigenvalue weighted by Crippen LogP contribution is 2.31.